The fourth-order valence-electron chi connectivity index (χ4n) is 2.43. The molecule has 0 aliphatic carbocycles. The van der Waals surface area contributed by atoms with Gasteiger partial charge in [0.2, 0.25) is 5.91 Å². The first-order valence-electron chi connectivity index (χ1n) is 7.23. The van der Waals surface area contributed by atoms with Crippen molar-refractivity contribution in [1.82, 2.24) is 4.90 Å². The summed E-state index contributed by atoms with van der Waals surface area (Å²) in [5.41, 5.74) is 7.23. The summed E-state index contributed by atoms with van der Waals surface area (Å²) in [7, 11) is 2.15. The normalized spacial score (nSPS) is 15.4. The molecule has 1 aromatic carbocycles. The van der Waals surface area contributed by atoms with E-state index in [4.69, 9.17) is 5.73 Å². The molecular weight excluding hydrogens is 323 g/mol. The predicted molar refractivity (Wildman–Crippen MR) is 97.4 cm³/mol. The van der Waals surface area contributed by atoms with Crippen LogP contribution in [0, 0.1) is 0 Å². The monoisotopic (exact) mass is 348 g/mol. The van der Waals surface area contributed by atoms with Crippen LogP contribution in [-0.2, 0) is 4.79 Å². The van der Waals surface area contributed by atoms with Gasteiger partial charge in [-0.1, -0.05) is 12.1 Å². The largest absolute Gasteiger partial charge is 0.381 e. The zero-order valence-electron chi connectivity index (χ0n) is 12.9. The molecule has 5 nitrogen and oxygen atoms in total. The van der Waals surface area contributed by atoms with Crippen molar-refractivity contribution in [3.05, 3.63) is 24.3 Å². The lowest BCUT2D eigenvalue weighted by molar-refractivity contribution is -0.116. The van der Waals surface area contributed by atoms with Gasteiger partial charge in [0.15, 0.2) is 0 Å². The molecule has 0 unspecified atom stereocenters. The maximum absolute atomic E-state index is 11.7. The molecule has 1 aliphatic heterocycles. The summed E-state index contributed by atoms with van der Waals surface area (Å²) >= 11 is 0. The lowest BCUT2D eigenvalue weighted by Gasteiger charge is -2.30. The van der Waals surface area contributed by atoms with Crippen LogP contribution in [-0.4, -0.2) is 43.5 Å². The second kappa shape index (κ2) is 10.7. The standard InChI is InChI=1S/C15H24N4O.2ClH/c1-19-10-7-12(8-11-19)17-13-4-2-3-5-14(13)18-15(20)6-9-16;;/h2-5,12,17H,6-11,16H2,1H3,(H,18,20);2*1H. The van der Waals surface area contributed by atoms with E-state index in [9.17, 15) is 4.79 Å². The molecule has 126 valence electrons. The first kappa shape index (κ1) is 21.0. The minimum atomic E-state index is -0.0369. The Morgan fingerprint density at radius 3 is 2.41 bits per heavy atom. The number of nitrogens with two attached hydrogens (primary N) is 1. The van der Waals surface area contributed by atoms with Gasteiger partial charge < -0.3 is 21.3 Å². The molecular formula is C15H26Cl2N4O. The summed E-state index contributed by atoms with van der Waals surface area (Å²) in [5, 5.41) is 6.46. The smallest absolute Gasteiger partial charge is 0.225 e. The molecule has 0 radical (unpaired) electrons. The molecule has 2 rings (SSSR count). The van der Waals surface area contributed by atoms with Crippen molar-refractivity contribution < 1.29 is 4.79 Å². The minimum Gasteiger partial charge on any atom is -0.381 e. The molecule has 22 heavy (non-hydrogen) atoms. The zero-order valence-corrected chi connectivity index (χ0v) is 14.5. The van der Waals surface area contributed by atoms with E-state index in [0.717, 1.165) is 37.3 Å². The summed E-state index contributed by atoms with van der Waals surface area (Å²) in [6.45, 7) is 2.59. The van der Waals surface area contributed by atoms with E-state index < -0.39 is 0 Å². The number of nitrogens with zero attached hydrogens (tertiary/aromatic N) is 1. The van der Waals surface area contributed by atoms with Gasteiger partial charge in [0.1, 0.15) is 0 Å². The summed E-state index contributed by atoms with van der Waals surface area (Å²) in [4.78, 5) is 14.0. The number of nitrogens with one attached hydrogen (secondary N) is 2. The van der Waals surface area contributed by atoms with Crippen LogP contribution in [0.1, 0.15) is 19.3 Å². The SMILES string of the molecule is CN1CCC(Nc2ccccc2NC(=O)CCN)CC1.Cl.Cl. The minimum absolute atomic E-state index is 0. The maximum Gasteiger partial charge on any atom is 0.225 e. The van der Waals surface area contributed by atoms with Gasteiger partial charge in [-0.25, -0.2) is 0 Å². The first-order valence-corrected chi connectivity index (χ1v) is 7.23. The molecule has 1 fully saturated rings. The van der Waals surface area contributed by atoms with Crippen molar-refractivity contribution in [3.8, 4) is 0 Å². The van der Waals surface area contributed by atoms with Crippen LogP contribution in [0.15, 0.2) is 24.3 Å². The van der Waals surface area contributed by atoms with E-state index in [1.54, 1.807) is 0 Å². The van der Waals surface area contributed by atoms with Gasteiger partial charge in [-0.05, 0) is 45.1 Å². The van der Waals surface area contributed by atoms with Crippen molar-refractivity contribution in [2.24, 2.45) is 5.73 Å². The Kier molecular flexibility index (Phi) is 10.2. The molecule has 1 aliphatic rings. The maximum atomic E-state index is 11.7. The highest BCUT2D eigenvalue weighted by Crippen LogP contribution is 2.24. The quantitative estimate of drug-likeness (QED) is 0.763. The van der Waals surface area contributed by atoms with Gasteiger partial charge in [-0.3, -0.25) is 4.79 Å². The molecule has 1 aromatic rings. The Hall–Kier alpha value is -1.01. The van der Waals surface area contributed by atoms with Crippen LogP contribution >= 0.6 is 24.8 Å². The number of carbonyl (C=O) groups is 1. The first-order chi connectivity index (χ1) is 9.69. The van der Waals surface area contributed by atoms with E-state index in [1.165, 1.54) is 0 Å². The molecule has 4 N–H and O–H groups in total. The molecule has 0 saturated carbocycles. The fourth-order valence-corrected chi connectivity index (χ4v) is 2.43. The lowest BCUT2D eigenvalue weighted by Crippen LogP contribution is -2.36. The van der Waals surface area contributed by atoms with Crippen molar-refractivity contribution >= 4 is 42.1 Å². The molecule has 1 saturated heterocycles. The van der Waals surface area contributed by atoms with E-state index >= 15 is 0 Å². The van der Waals surface area contributed by atoms with Crippen LogP contribution in [0.4, 0.5) is 11.4 Å². The molecule has 0 bridgehead atoms. The van der Waals surface area contributed by atoms with E-state index in [-0.39, 0.29) is 30.7 Å². The van der Waals surface area contributed by atoms with Gasteiger partial charge in [0.05, 0.1) is 11.4 Å². The average Bonchev–Trinajstić information content (AvgIpc) is 2.44. The molecule has 1 amide bonds. The van der Waals surface area contributed by atoms with Crippen LogP contribution in [0.3, 0.4) is 0 Å². The number of piperidine rings is 1. The highest BCUT2D eigenvalue weighted by atomic mass is 35.5. The van der Waals surface area contributed by atoms with E-state index in [2.05, 4.69) is 22.6 Å². The molecule has 0 atom stereocenters. The Balaban J connectivity index is 0.00000220. The average molecular weight is 349 g/mol. The number of benzene rings is 1. The molecule has 0 spiro atoms. The van der Waals surface area contributed by atoms with Gasteiger partial charge in [-0.15, -0.1) is 24.8 Å². The zero-order chi connectivity index (χ0) is 14.4. The van der Waals surface area contributed by atoms with Crippen molar-refractivity contribution in [2.45, 2.75) is 25.3 Å². The Morgan fingerprint density at radius 2 is 1.82 bits per heavy atom. The number of rotatable bonds is 5. The third kappa shape index (κ3) is 6.40. The third-order valence-electron chi connectivity index (χ3n) is 3.65. The van der Waals surface area contributed by atoms with Crippen LogP contribution in [0.2, 0.25) is 0 Å². The number of carbonyl (C=O) groups excluding carboxylic acids is 1. The second-order valence-corrected chi connectivity index (χ2v) is 5.35. The van der Waals surface area contributed by atoms with E-state index in [0.29, 0.717) is 19.0 Å². The fraction of sp³-hybridized carbons (Fsp3) is 0.533. The summed E-state index contributed by atoms with van der Waals surface area (Å²) in [5.74, 6) is -0.0369. The molecule has 1 heterocycles. The molecule has 0 aromatic heterocycles. The van der Waals surface area contributed by atoms with Gasteiger partial charge >= 0.3 is 0 Å². The molecule has 7 heteroatoms. The Labute approximate surface area is 144 Å². The Morgan fingerprint density at radius 1 is 1.23 bits per heavy atom. The third-order valence-corrected chi connectivity index (χ3v) is 3.65. The van der Waals surface area contributed by atoms with Crippen molar-refractivity contribution in [3.63, 3.8) is 0 Å². The second-order valence-electron chi connectivity index (χ2n) is 5.35. The number of para-hydroxylation sites is 2. The number of likely N-dealkylation sites (tertiary alicyclic amines) is 1. The summed E-state index contributed by atoms with van der Waals surface area (Å²) < 4.78 is 0. The predicted octanol–water partition coefficient (Wildman–Crippen LogP) is 2.32. The summed E-state index contributed by atoms with van der Waals surface area (Å²) in [6, 6.07) is 8.31. The van der Waals surface area contributed by atoms with E-state index in [1.807, 2.05) is 24.3 Å². The number of halogens is 2. The van der Waals surface area contributed by atoms with Crippen LogP contribution < -0.4 is 16.4 Å². The van der Waals surface area contributed by atoms with Crippen molar-refractivity contribution in [2.75, 3.05) is 37.3 Å². The van der Waals surface area contributed by atoms with Gasteiger partial charge in [0.25, 0.3) is 0 Å². The number of amides is 1. The highest BCUT2D eigenvalue weighted by molar-refractivity contribution is 5.94. The summed E-state index contributed by atoms with van der Waals surface area (Å²) in [6.07, 6.45) is 2.60. The topological polar surface area (TPSA) is 70.4 Å². The lowest BCUT2D eigenvalue weighted by atomic mass is 10.0. The van der Waals surface area contributed by atoms with Crippen LogP contribution in [0.25, 0.3) is 0 Å². The van der Waals surface area contributed by atoms with Crippen LogP contribution in [0.5, 0.6) is 0 Å². The number of hydrogen-bond acceptors (Lipinski definition) is 4. The highest BCUT2D eigenvalue weighted by Gasteiger charge is 2.17. The van der Waals surface area contributed by atoms with Gasteiger partial charge in [-0.2, -0.15) is 0 Å². The number of hydrogen-bond donors (Lipinski definition) is 3. The Bertz CT molecular complexity index is 451. The van der Waals surface area contributed by atoms with Gasteiger partial charge in [0, 0.05) is 19.0 Å². The van der Waals surface area contributed by atoms with Crippen molar-refractivity contribution in [1.29, 1.82) is 0 Å². The number of anilines is 2.